The second-order valence-corrected chi connectivity index (χ2v) is 12.6. The molecule has 2 aromatic rings. The lowest BCUT2D eigenvalue weighted by atomic mass is 9.78. The predicted molar refractivity (Wildman–Crippen MR) is 196 cm³/mol. The molecule has 0 fully saturated rings. The van der Waals surface area contributed by atoms with E-state index in [1.807, 2.05) is 31.2 Å². The monoisotopic (exact) mass is 623 g/mol. The highest BCUT2D eigenvalue weighted by atomic mass is 35.5. The minimum Gasteiger partial charge on any atom is -0.493 e. The first kappa shape index (κ1) is 40.6. The molecule has 244 valence electrons. The van der Waals surface area contributed by atoms with Crippen LogP contribution in [0.3, 0.4) is 0 Å². The van der Waals surface area contributed by atoms with Crippen molar-refractivity contribution in [1.29, 1.82) is 0 Å². The van der Waals surface area contributed by atoms with Gasteiger partial charge in [0.25, 0.3) is 0 Å². The van der Waals surface area contributed by atoms with E-state index in [1.54, 1.807) is 13.3 Å². The Kier molecular flexibility index (Phi) is 19.7. The zero-order chi connectivity index (χ0) is 33.9. The van der Waals surface area contributed by atoms with Gasteiger partial charge in [-0.3, -0.25) is 4.99 Å². The van der Waals surface area contributed by atoms with Crippen LogP contribution < -0.4 is 20.1 Å². The first-order valence-electron chi connectivity index (χ1n) is 15.6. The van der Waals surface area contributed by atoms with Crippen molar-refractivity contribution < 1.29 is 9.47 Å². The molecule has 6 heteroatoms. The van der Waals surface area contributed by atoms with Gasteiger partial charge in [-0.15, -0.1) is 12.8 Å². The largest absolute Gasteiger partial charge is 0.493 e. The molecule has 0 saturated heterocycles. The molecule has 0 radical (unpaired) electrons. The molecule has 44 heavy (non-hydrogen) atoms. The number of ether oxygens (including phenoxy) is 2. The highest BCUT2D eigenvalue weighted by molar-refractivity contribution is 6.33. The molecule has 5 nitrogen and oxygen atoms in total. The van der Waals surface area contributed by atoms with Gasteiger partial charge in [0.15, 0.2) is 11.5 Å². The number of hydrogen-bond donors (Lipinski definition) is 2. The summed E-state index contributed by atoms with van der Waals surface area (Å²) in [5.41, 5.74) is 4.77. The van der Waals surface area contributed by atoms with E-state index in [-0.39, 0.29) is 5.41 Å². The molecule has 0 spiro atoms. The summed E-state index contributed by atoms with van der Waals surface area (Å²) in [6, 6.07) is 9.88. The number of methoxy groups -OCH3 is 1. The molecule has 2 rings (SSSR count). The molecule has 0 aromatic heterocycles. The number of halogens is 1. The quantitative estimate of drug-likeness (QED) is 0.111. The summed E-state index contributed by atoms with van der Waals surface area (Å²) in [5.74, 6) is 3.44. The van der Waals surface area contributed by atoms with Gasteiger partial charge < -0.3 is 20.1 Å². The highest BCUT2D eigenvalue weighted by Gasteiger charge is 2.23. The summed E-state index contributed by atoms with van der Waals surface area (Å²) >= 11 is 6.65. The maximum atomic E-state index is 6.65. The maximum absolute atomic E-state index is 6.65. The molecule has 1 atom stereocenters. The summed E-state index contributed by atoms with van der Waals surface area (Å²) in [6.07, 6.45) is 13.6. The molecular formula is C38H58ClN3O2. The topological polar surface area (TPSA) is 54.9 Å². The predicted octanol–water partition coefficient (Wildman–Crippen LogP) is 11.0. The lowest BCUT2D eigenvalue weighted by molar-refractivity contribution is 0.219. The third-order valence-electron chi connectivity index (χ3n) is 7.29. The Hall–Kier alpha value is -3.36. The Morgan fingerprint density at radius 3 is 2.23 bits per heavy atom. The minimum absolute atomic E-state index is 0.268. The molecule has 0 saturated carbocycles. The van der Waals surface area contributed by atoms with Gasteiger partial charge in [-0.1, -0.05) is 99.1 Å². The molecule has 2 N–H and O–H groups in total. The van der Waals surface area contributed by atoms with Gasteiger partial charge in [0, 0.05) is 24.4 Å². The van der Waals surface area contributed by atoms with Crippen LogP contribution in [0.5, 0.6) is 11.5 Å². The van der Waals surface area contributed by atoms with Crippen LogP contribution in [-0.2, 0) is 6.42 Å². The fourth-order valence-corrected chi connectivity index (χ4v) is 4.15. The van der Waals surface area contributed by atoms with Gasteiger partial charge in [0.1, 0.15) is 0 Å². The summed E-state index contributed by atoms with van der Waals surface area (Å²) in [5, 5.41) is 7.34. The Morgan fingerprint density at radius 1 is 1.07 bits per heavy atom. The lowest BCUT2D eigenvalue weighted by Crippen LogP contribution is -2.32. The number of allylic oxidation sites excluding steroid dienone is 1. The molecule has 2 aromatic carbocycles. The van der Waals surface area contributed by atoms with Gasteiger partial charge in [0.05, 0.1) is 35.9 Å². The summed E-state index contributed by atoms with van der Waals surface area (Å²) < 4.78 is 11.6. The highest BCUT2D eigenvalue weighted by Crippen LogP contribution is 2.39. The first-order chi connectivity index (χ1) is 20.8. The Morgan fingerprint density at radius 2 is 1.70 bits per heavy atom. The zero-order valence-corrected chi connectivity index (χ0v) is 29.8. The smallest absolute Gasteiger partial charge is 0.163 e. The number of benzene rings is 2. The van der Waals surface area contributed by atoms with Crippen LogP contribution in [0.2, 0.25) is 5.02 Å². The van der Waals surface area contributed by atoms with Crippen LogP contribution in [0.1, 0.15) is 92.7 Å². The van der Waals surface area contributed by atoms with E-state index in [4.69, 9.17) is 21.1 Å². The van der Waals surface area contributed by atoms with Crippen LogP contribution in [0.15, 0.2) is 54.3 Å². The Bertz CT molecular complexity index is 1210. The van der Waals surface area contributed by atoms with Crippen LogP contribution in [0, 0.1) is 30.1 Å². The van der Waals surface area contributed by atoms with Gasteiger partial charge >= 0.3 is 0 Å². The van der Waals surface area contributed by atoms with Crippen molar-refractivity contribution in [2.45, 2.75) is 88.0 Å². The number of nitrogens with one attached hydrogen (secondary N) is 2. The summed E-state index contributed by atoms with van der Waals surface area (Å²) in [4.78, 5) is 4.57. The molecule has 0 bridgehead atoms. The van der Waals surface area contributed by atoms with Crippen molar-refractivity contribution in [3.8, 4) is 24.3 Å². The van der Waals surface area contributed by atoms with Crippen molar-refractivity contribution in [2.75, 3.05) is 25.6 Å². The van der Waals surface area contributed by atoms with Crippen molar-refractivity contribution in [2.24, 2.45) is 22.2 Å². The second-order valence-electron chi connectivity index (χ2n) is 12.2. The van der Waals surface area contributed by atoms with Crippen molar-refractivity contribution in [3.63, 3.8) is 0 Å². The van der Waals surface area contributed by atoms with Crippen LogP contribution in [-0.4, -0.2) is 26.5 Å². The minimum atomic E-state index is 0.268. The van der Waals surface area contributed by atoms with Gasteiger partial charge in [0.2, 0.25) is 0 Å². The average molecular weight is 624 g/mol. The Balaban J connectivity index is 0.00000284. The van der Waals surface area contributed by atoms with Crippen LogP contribution in [0.25, 0.3) is 5.57 Å². The Labute approximate surface area is 274 Å². The molecule has 0 aliphatic heterocycles. The number of aliphatic imine (C=N–C) groups is 1. The molecule has 0 heterocycles. The zero-order valence-electron chi connectivity index (χ0n) is 29.1. The maximum Gasteiger partial charge on any atom is 0.163 e. The lowest BCUT2D eigenvalue weighted by Gasteiger charge is -2.31. The fourth-order valence-electron chi connectivity index (χ4n) is 3.90. The van der Waals surface area contributed by atoms with Crippen molar-refractivity contribution in [1.82, 2.24) is 5.32 Å². The number of hydrogen-bond acceptors (Lipinski definition) is 5. The summed E-state index contributed by atoms with van der Waals surface area (Å²) in [7, 11) is 1.65. The van der Waals surface area contributed by atoms with E-state index in [1.165, 1.54) is 0 Å². The molecule has 1 unspecified atom stereocenters. The van der Waals surface area contributed by atoms with E-state index in [9.17, 15) is 0 Å². The average Bonchev–Trinajstić information content (AvgIpc) is 2.98. The van der Waals surface area contributed by atoms with Crippen LogP contribution >= 0.6 is 11.6 Å². The first-order valence-corrected chi connectivity index (χ1v) is 16.0. The van der Waals surface area contributed by atoms with E-state index in [2.05, 4.69) is 103 Å². The third kappa shape index (κ3) is 14.4. The van der Waals surface area contributed by atoms with Gasteiger partial charge in [-0.2, -0.15) is 0 Å². The van der Waals surface area contributed by atoms with E-state index in [0.717, 1.165) is 65.6 Å². The number of rotatable bonds is 16. The standard InChI is InChI=1S/C32H46ClN3O2.C4H10.C2H2/c1-10-13-16-38-31-20-29(34-12-3)26(19-30(31)37-9)22(4)17-25-14-15-28(27(33)18-25)36-24(6)35-21-23(5)32(7,8)11-2;1-4(2)3;1-2/h12,14-15,18-20,23,35-36H,4,6,10-11,13,16-17,21H2,1-3,5,7-9H3;4H,1-3H3;1-2H. The van der Waals surface area contributed by atoms with Crippen molar-refractivity contribution >= 4 is 34.8 Å². The van der Waals surface area contributed by atoms with E-state index >= 15 is 0 Å². The number of unbranched alkanes of at least 4 members (excludes halogenated alkanes) is 1. The van der Waals surface area contributed by atoms with E-state index < -0.39 is 0 Å². The second kappa shape index (κ2) is 21.4. The molecule has 0 aliphatic carbocycles. The normalized spacial score (nSPS) is 11.5. The van der Waals surface area contributed by atoms with Gasteiger partial charge in [-0.05, 0) is 66.4 Å². The third-order valence-corrected chi connectivity index (χ3v) is 7.60. The number of nitrogens with zero attached hydrogens (tertiary/aromatic N) is 1. The number of anilines is 1. The van der Waals surface area contributed by atoms with Crippen molar-refractivity contribution in [3.05, 3.63) is 65.5 Å². The fraction of sp³-hybridized carbons (Fsp3) is 0.500. The number of terminal acetylenes is 1. The molecule has 0 aliphatic rings. The molecular weight excluding hydrogens is 566 g/mol. The van der Waals surface area contributed by atoms with E-state index in [0.29, 0.717) is 35.5 Å². The van der Waals surface area contributed by atoms with Crippen LogP contribution in [0.4, 0.5) is 11.4 Å². The SMILES string of the molecule is C#C.C=C(NCC(C)C(C)(C)CC)Nc1ccc(CC(=C)c2cc(OC)c(OCCCC)cc2N=CC)cc1Cl.CC(C)C. The van der Waals surface area contributed by atoms with Gasteiger partial charge in [-0.25, -0.2) is 0 Å². The summed E-state index contributed by atoms with van der Waals surface area (Å²) in [6.45, 7) is 29.6. The molecule has 0 amide bonds.